The molecule has 0 spiro atoms. The standard InChI is InChI=1S/C14H10N3O3S/c18-21(19,17-14-15-8-2-9-16-14)12-6-4-11(5-7-12)13-3-1-10-20-13/h1-10H/q-1. The van der Waals surface area contributed by atoms with Crippen LogP contribution in [-0.2, 0) is 10.0 Å². The Hall–Kier alpha value is -2.67. The van der Waals surface area contributed by atoms with Gasteiger partial charge >= 0.3 is 0 Å². The maximum absolute atomic E-state index is 12.1. The Morgan fingerprint density at radius 3 is 2.29 bits per heavy atom. The maximum Gasteiger partial charge on any atom is 0.229 e. The molecule has 0 saturated carbocycles. The van der Waals surface area contributed by atoms with Crippen LogP contribution in [0.1, 0.15) is 0 Å². The number of hydrogen-bond acceptors (Lipinski definition) is 5. The minimum absolute atomic E-state index is 0.0743. The van der Waals surface area contributed by atoms with E-state index < -0.39 is 10.0 Å². The van der Waals surface area contributed by atoms with E-state index in [4.69, 9.17) is 4.42 Å². The second kappa shape index (κ2) is 5.37. The van der Waals surface area contributed by atoms with Crippen LogP contribution in [0, 0.1) is 0 Å². The first-order chi connectivity index (χ1) is 10.1. The molecule has 1 aromatic carbocycles. The molecule has 0 saturated heterocycles. The summed E-state index contributed by atoms with van der Waals surface area (Å²) in [6.45, 7) is 0. The molecule has 0 N–H and O–H groups in total. The van der Waals surface area contributed by atoms with Crippen LogP contribution in [0.25, 0.3) is 16.0 Å². The van der Waals surface area contributed by atoms with E-state index in [0.29, 0.717) is 5.76 Å². The van der Waals surface area contributed by atoms with Gasteiger partial charge in [-0.25, -0.2) is 8.42 Å². The highest BCUT2D eigenvalue weighted by Gasteiger charge is 2.12. The lowest BCUT2D eigenvalue weighted by molar-refractivity contribution is 0.582. The Bertz CT molecular complexity index is 814. The molecular formula is C14H10N3O3S-. The van der Waals surface area contributed by atoms with Crippen molar-refractivity contribution in [3.05, 3.63) is 65.8 Å². The first-order valence-electron chi connectivity index (χ1n) is 6.04. The summed E-state index contributed by atoms with van der Waals surface area (Å²) in [4.78, 5) is 7.63. The largest absolute Gasteiger partial charge is 0.464 e. The van der Waals surface area contributed by atoms with Crippen molar-refractivity contribution in [3.8, 4) is 11.3 Å². The molecule has 0 fully saturated rings. The summed E-state index contributed by atoms with van der Waals surface area (Å²) >= 11 is 0. The maximum atomic E-state index is 12.1. The zero-order chi connectivity index (χ0) is 14.7. The molecule has 0 aliphatic rings. The van der Waals surface area contributed by atoms with Gasteiger partial charge in [0.15, 0.2) is 0 Å². The fourth-order valence-corrected chi connectivity index (χ4v) is 2.63. The summed E-state index contributed by atoms with van der Waals surface area (Å²) in [5, 5.41) is 0. The quantitative estimate of drug-likeness (QED) is 0.738. The average Bonchev–Trinajstić information content (AvgIpc) is 3.02. The van der Waals surface area contributed by atoms with E-state index in [1.807, 2.05) is 0 Å². The highest BCUT2D eigenvalue weighted by atomic mass is 32.2. The first-order valence-corrected chi connectivity index (χ1v) is 7.48. The molecule has 0 amide bonds. The number of hydrogen-bond donors (Lipinski definition) is 0. The number of rotatable bonds is 4. The van der Waals surface area contributed by atoms with E-state index in [-0.39, 0.29) is 10.8 Å². The number of benzene rings is 1. The van der Waals surface area contributed by atoms with Crippen LogP contribution in [0.3, 0.4) is 0 Å². The molecule has 7 heteroatoms. The van der Waals surface area contributed by atoms with Gasteiger partial charge in [-0.05, 0) is 48.8 Å². The molecule has 0 unspecified atom stereocenters. The summed E-state index contributed by atoms with van der Waals surface area (Å²) in [6.07, 6.45) is 4.42. The van der Waals surface area contributed by atoms with Gasteiger partial charge < -0.3 is 14.4 Å². The molecule has 0 radical (unpaired) electrons. The topological polar surface area (TPSA) is 87.2 Å². The summed E-state index contributed by atoms with van der Waals surface area (Å²) in [5.41, 5.74) is 0.787. The predicted octanol–water partition coefficient (Wildman–Crippen LogP) is 3.13. The normalized spacial score (nSPS) is 11.2. The van der Waals surface area contributed by atoms with E-state index in [2.05, 4.69) is 14.7 Å². The van der Waals surface area contributed by atoms with Crippen LogP contribution in [0.5, 0.6) is 0 Å². The molecule has 0 aliphatic heterocycles. The molecule has 2 heterocycles. The smallest absolute Gasteiger partial charge is 0.229 e. The first kappa shape index (κ1) is 13.3. The van der Waals surface area contributed by atoms with Gasteiger partial charge in [-0.2, -0.15) is 0 Å². The number of aromatic nitrogens is 2. The minimum Gasteiger partial charge on any atom is -0.464 e. The molecule has 0 bridgehead atoms. The summed E-state index contributed by atoms with van der Waals surface area (Å²) in [5.74, 6) is 0.579. The van der Waals surface area contributed by atoms with Crippen molar-refractivity contribution in [1.29, 1.82) is 0 Å². The van der Waals surface area contributed by atoms with Crippen molar-refractivity contribution < 1.29 is 12.8 Å². The number of furan rings is 1. The summed E-state index contributed by atoms with van der Waals surface area (Å²) in [7, 11) is -3.83. The number of sulfonamides is 1. The Kier molecular flexibility index (Phi) is 3.41. The van der Waals surface area contributed by atoms with Crippen LogP contribution >= 0.6 is 0 Å². The van der Waals surface area contributed by atoms with Crippen LogP contribution in [-0.4, -0.2) is 18.4 Å². The van der Waals surface area contributed by atoms with Gasteiger partial charge in [0, 0.05) is 11.5 Å². The molecule has 2 aromatic heterocycles. The molecule has 3 aromatic rings. The van der Waals surface area contributed by atoms with E-state index in [1.165, 1.54) is 24.5 Å². The van der Waals surface area contributed by atoms with Gasteiger partial charge in [0.1, 0.15) is 5.76 Å². The van der Waals surface area contributed by atoms with Crippen LogP contribution in [0.4, 0.5) is 5.95 Å². The van der Waals surface area contributed by atoms with Crippen molar-refractivity contribution >= 4 is 16.0 Å². The molecule has 0 atom stereocenters. The Balaban J connectivity index is 1.86. The van der Waals surface area contributed by atoms with Crippen LogP contribution < -0.4 is 0 Å². The zero-order valence-electron chi connectivity index (χ0n) is 10.7. The van der Waals surface area contributed by atoms with Crippen molar-refractivity contribution in [2.24, 2.45) is 0 Å². The Morgan fingerprint density at radius 1 is 0.952 bits per heavy atom. The van der Waals surface area contributed by atoms with Gasteiger partial charge in [-0.1, -0.05) is 6.07 Å². The van der Waals surface area contributed by atoms with E-state index in [0.717, 1.165) is 5.56 Å². The van der Waals surface area contributed by atoms with E-state index in [9.17, 15) is 8.42 Å². The van der Waals surface area contributed by atoms with Crippen LogP contribution in [0.2, 0.25) is 0 Å². The average molecular weight is 300 g/mol. The SMILES string of the molecule is O=S(=O)([N-]c1ncccn1)c1ccc(-c2ccco2)cc1. The third-order valence-corrected chi connectivity index (χ3v) is 3.98. The summed E-state index contributed by atoms with van der Waals surface area (Å²) < 4.78 is 33.1. The Morgan fingerprint density at radius 2 is 1.67 bits per heavy atom. The lowest BCUT2D eigenvalue weighted by atomic mass is 10.2. The van der Waals surface area contributed by atoms with Gasteiger partial charge in [-0.15, -0.1) is 0 Å². The van der Waals surface area contributed by atoms with Gasteiger partial charge in [0.25, 0.3) is 0 Å². The minimum atomic E-state index is -3.83. The van der Waals surface area contributed by atoms with Gasteiger partial charge in [0.05, 0.1) is 11.2 Å². The monoisotopic (exact) mass is 300 g/mol. The van der Waals surface area contributed by atoms with Gasteiger partial charge in [-0.3, -0.25) is 4.72 Å². The van der Waals surface area contributed by atoms with Crippen LogP contribution in [0.15, 0.2) is 70.4 Å². The molecular weight excluding hydrogens is 290 g/mol. The molecule has 0 aliphatic carbocycles. The molecule has 21 heavy (non-hydrogen) atoms. The lowest BCUT2D eigenvalue weighted by Gasteiger charge is -2.12. The fraction of sp³-hybridized carbons (Fsp3) is 0. The molecule has 3 rings (SSSR count). The van der Waals surface area contributed by atoms with Crippen molar-refractivity contribution in [2.45, 2.75) is 4.90 Å². The number of nitrogens with zero attached hydrogens (tertiary/aromatic N) is 3. The molecule has 6 nitrogen and oxygen atoms in total. The lowest BCUT2D eigenvalue weighted by Crippen LogP contribution is -1.99. The van der Waals surface area contributed by atoms with E-state index >= 15 is 0 Å². The van der Waals surface area contributed by atoms with Gasteiger partial charge in [0.2, 0.25) is 10.0 Å². The van der Waals surface area contributed by atoms with Crippen molar-refractivity contribution in [1.82, 2.24) is 9.97 Å². The third kappa shape index (κ3) is 2.92. The molecule has 106 valence electrons. The van der Waals surface area contributed by atoms with E-state index in [1.54, 1.807) is 36.6 Å². The zero-order valence-corrected chi connectivity index (χ0v) is 11.6. The summed E-state index contributed by atoms with van der Waals surface area (Å²) in [6, 6.07) is 11.4. The second-order valence-corrected chi connectivity index (χ2v) is 5.72. The Labute approximate surface area is 121 Å². The second-order valence-electron chi connectivity index (χ2n) is 4.12. The third-order valence-electron chi connectivity index (χ3n) is 2.71. The highest BCUT2D eigenvalue weighted by Crippen LogP contribution is 2.26. The highest BCUT2D eigenvalue weighted by molar-refractivity contribution is 7.94. The van der Waals surface area contributed by atoms with Crippen molar-refractivity contribution in [2.75, 3.05) is 0 Å². The van der Waals surface area contributed by atoms with Crippen molar-refractivity contribution in [3.63, 3.8) is 0 Å². The predicted molar refractivity (Wildman–Crippen MR) is 76.4 cm³/mol. The fourth-order valence-electron chi connectivity index (χ4n) is 1.73.